The second-order valence-corrected chi connectivity index (χ2v) is 6.33. The lowest BCUT2D eigenvalue weighted by atomic mass is 9.88. The summed E-state index contributed by atoms with van der Waals surface area (Å²) in [5, 5.41) is 18.4. The summed E-state index contributed by atoms with van der Waals surface area (Å²) >= 11 is 0. The largest absolute Gasteiger partial charge is 0.508 e. The lowest BCUT2D eigenvalue weighted by Crippen LogP contribution is -2.09. The Kier molecular flexibility index (Phi) is 6.12. The molecule has 4 nitrogen and oxygen atoms in total. The van der Waals surface area contributed by atoms with E-state index in [2.05, 4.69) is 19.1 Å². The second-order valence-electron chi connectivity index (χ2n) is 6.33. The van der Waals surface area contributed by atoms with E-state index in [9.17, 15) is 9.90 Å². The van der Waals surface area contributed by atoms with Gasteiger partial charge in [-0.3, -0.25) is 0 Å². The number of rotatable bonds is 7. The number of phenols is 1. The first-order valence-corrected chi connectivity index (χ1v) is 9.11. The van der Waals surface area contributed by atoms with Gasteiger partial charge in [0.15, 0.2) is 6.61 Å². The zero-order chi connectivity index (χ0) is 19.9. The molecular formula is C24H22O4. The van der Waals surface area contributed by atoms with Crippen LogP contribution in [0, 0.1) is 0 Å². The first-order chi connectivity index (χ1) is 13.6. The summed E-state index contributed by atoms with van der Waals surface area (Å²) in [7, 11) is 0. The lowest BCUT2D eigenvalue weighted by Gasteiger charge is -2.17. The Morgan fingerprint density at radius 2 is 1.39 bits per heavy atom. The molecule has 3 aromatic rings. The molecule has 0 aliphatic rings. The molecule has 0 fully saturated rings. The Morgan fingerprint density at radius 1 is 0.821 bits per heavy atom. The Morgan fingerprint density at radius 3 is 1.93 bits per heavy atom. The lowest BCUT2D eigenvalue weighted by molar-refractivity contribution is -0.139. The van der Waals surface area contributed by atoms with Gasteiger partial charge in [-0.05, 0) is 58.5 Å². The molecule has 0 atom stereocenters. The van der Waals surface area contributed by atoms with E-state index in [0.29, 0.717) is 5.75 Å². The maximum atomic E-state index is 10.7. The normalized spacial score (nSPS) is 11.6. The zero-order valence-corrected chi connectivity index (χ0v) is 15.6. The number of aromatic hydroxyl groups is 1. The van der Waals surface area contributed by atoms with Crippen LogP contribution >= 0.6 is 0 Å². The SMILES string of the molecule is CC/C(=C(/c1ccc(O)cc1)c1ccc(OCC(=O)O)cc1)c1ccccc1. The highest BCUT2D eigenvalue weighted by Gasteiger charge is 2.13. The van der Waals surface area contributed by atoms with Crippen molar-refractivity contribution in [1.29, 1.82) is 0 Å². The van der Waals surface area contributed by atoms with E-state index in [1.807, 2.05) is 42.5 Å². The molecule has 0 aliphatic carbocycles. The monoisotopic (exact) mass is 374 g/mol. The van der Waals surface area contributed by atoms with Gasteiger partial charge in [0.2, 0.25) is 0 Å². The van der Waals surface area contributed by atoms with Crippen molar-refractivity contribution in [2.24, 2.45) is 0 Å². The van der Waals surface area contributed by atoms with Crippen molar-refractivity contribution in [3.05, 3.63) is 95.6 Å². The van der Waals surface area contributed by atoms with Crippen molar-refractivity contribution in [3.8, 4) is 11.5 Å². The minimum Gasteiger partial charge on any atom is -0.508 e. The van der Waals surface area contributed by atoms with E-state index in [1.54, 1.807) is 24.3 Å². The minimum atomic E-state index is -1.01. The van der Waals surface area contributed by atoms with Gasteiger partial charge < -0.3 is 14.9 Å². The fourth-order valence-electron chi connectivity index (χ4n) is 3.17. The van der Waals surface area contributed by atoms with Gasteiger partial charge in [-0.2, -0.15) is 0 Å². The number of phenolic OH excluding ortho intramolecular Hbond substituents is 1. The molecule has 0 saturated carbocycles. The summed E-state index contributed by atoms with van der Waals surface area (Å²) in [6.07, 6.45) is 0.831. The predicted octanol–water partition coefficient (Wildman–Crippen LogP) is 5.22. The number of hydrogen-bond donors (Lipinski definition) is 2. The number of allylic oxidation sites excluding steroid dienone is 1. The van der Waals surface area contributed by atoms with Crippen molar-refractivity contribution in [2.75, 3.05) is 6.61 Å². The predicted molar refractivity (Wildman–Crippen MR) is 110 cm³/mol. The highest BCUT2D eigenvalue weighted by molar-refractivity contribution is 5.98. The topological polar surface area (TPSA) is 66.8 Å². The number of ether oxygens (including phenoxy) is 1. The molecule has 0 unspecified atom stereocenters. The van der Waals surface area contributed by atoms with Crippen molar-refractivity contribution in [1.82, 2.24) is 0 Å². The molecule has 0 amide bonds. The van der Waals surface area contributed by atoms with Crippen LogP contribution in [-0.4, -0.2) is 22.8 Å². The minimum absolute atomic E-state index is 0.221. The van der Waals surface area contributed by atoms with Crippen LogP contribution in [0.1, 0.15) is 30.0 Å². The summed E-state index contributed by atoms with van der Waals surface area (Å²) in [5.41, 5.74) is 5.38. The molecule has 0 saturated heterocycles. The highest BCUT2D eigenvalue weighted by Crippen LogP contribution is 2.35. The molecule has 3 rings (SSSR count). The van der Waals surface area contributed by atoms with Gasteiger partial charge in [-0.1, -0.05) is 61.5 Å². The van der Waals surface area contributed by atoms with Gasteiger partial charge in [0.1, 0.15) is 11.5 Å². The van der Waals surface area contributed by atoms with Crippen molar-refractivity contribution < 1.29 is 19.7 Å². The third kappa shape index (κ3) is 4.60. The molecule has 0 bridgehead atoms. The maximum absolute atomic E-state index is 10.7. The Hall–Kier alpha value is -3.53. The molecule has 3 aromatic carbocycles. The second kappa shape index (κ2) is 8.91. The van der Waals surface area contributed by atoms with Crippen molar-refractivity contribution in [3.63, 3.8) is 0 Å². The molecule has 0 aliphatic heterocycles. The van der Waals surface area contributed by atoms with Crippen LogP contribution in [0.2, 0.25) is 0 Å². The van der Waals surface area contributed by atoms with E-state index in [1.165, 1.54) is 5.57 Å². The van der Waals surface area contributed by atoms with Crippen LogP contribution < -0.4 is 4.74 Å². The van der Waals surface area contributed by atoms with Crippen LogP contribution in [0.25, 0.3) is 11.1 Å². The summed E-state index contributed by atoms with van der Waals surface area (Å²) in [6, 6.07) is 24.8. The van der Waals surface area contributed by atoms with Crippen molar-refractivity contribution in [2.45, 2.75) is 13.3 Å². The van der Waals surface area contributed by atoms with Gasteiger partial charge in [0.25, 0.3) is 0 Å². The van der Waals surface area contributed by atoms with E-state index in [0.717, 1.165) is 28.7 Å². The van der Waals surface area contributed by atoms with E-state index >= 15 is 0 Å². The summed E-state index contributed by atoms with van der Waals surface area (Å²) in [5.74, 6) is -0.279. The van der Waals surface area contributed by atoms with Crippen LogP contribution in [0.4, 0.5) is 0 Å². The third-order valence-corrected chi connectivity index (χ3v) is 4.44. The van der Waals surface area contributed by atoms with E-state index in [-0.39, 0.29) is 12.4 Å². The third-order valence-electron chi connectivity index (χ3n) is 4.44. The van der Waals surface area contributed by atoms with Crippen LogP contribution in [0.3, 0.4) is 0 Å². The fourth-order valence-corrected chi connectivity index (χ4v) is 3.17. The summed E-state index contributed by atoms with van der Waals surface area (Å²) in [6.45, 7) is 1.75. The molecule has 4 heteroatoms. The summed E-state index contributed by atoms with van der Waals surface area (Å²) in [4.78, 5) is 10.7. The molecule has 2 N–H and O–H groups in total. The summed E-state index contributed by atoms with van der Waals surface area (Å²) < 4.78 is 5.25. The first-order valence-electron chi connectivity index (χ1n) is 9.11. The smallest absolute Gasteiger partial charge is 0.341 e. The first kappa shape index (κ1) is 19.2. The molecule has 0 heterocycles. The van der Waals surface area contributed by atoms with Crippen LogP contribution in [0.15, 0.2) is 78.9 Å². The number of aliphatic carboxylic acids is 1. The Balaban J connectivity index is 2.10. The standard InChI is InChI=1S/C24H22O4/c1-2-22(17-6-4-3-5-7-17)24(18-8-12-20(25)13-9-18)19-10-14-21(15-11-19)28-16-23(26)27/h3-15,25H,2,16H2,1H3,(H,26,27)/b24-22+. The Labute approximate surface area is 164 Å². The van der Waals surface area contributed by atoms with E-state index < -0.39 is 5.97 Å². The van der Waals surface area contributed by atoms with Gasteiger partial charge in [-0.15, -0.1) is 0 Å². The zero-order valence-electron chi connectivity index (χ0n) is 15.6. The number of benzene rings is 3. The quantitative estimate of drug-likeness (QED) is 0.556. The molecule has 0 aromatic heterocycles. The number of carboxylic acids is 1. The van der Waals surface area contributed by atoms with E-state index in [4.69, 9.17) is 9.84 Å². The highest BCUT2D eigenvalue weighted by atomic mass is 16.5. The fraction of sp³-hybridized carbons (Fsp3) is 0.125. The van der Waals surface area contributed by atoms with Crippen molar-refractivity contribution >= 4 is 17.1 Å². The number of hydrogen-bond acceptors (Lipinski definition) is 3. The molecular weight excluding hydrogens is 352 g/mol. The molecule has 0 spiro atoms. The number of carbonyl (C=O) groups is 1. The Bertz CT molecular complexity index is 956. The molecule has 142 valence electrons. The number of carboxylic acid groups (broad SMARTS) is 1. The average molecular weight is 374 g/mol. The van der Waals surface area contributed by atoms with Crippen LogP contribution in [0.5, 0.6) is 11.5 Å². The molecule has 0 radical (unpaired) electrons. The van der Waals surface area contributed by atoms with Gasteiger partial charge in [0.05, 0.1) is 0 Å². The van der Waals surface area contributed by atoms with Gasteiger partial charge >= 0.3 is 5.97 Å². The van der Waals surface area contributed by atoms with Crippen LogP contribution in [-0.2, 0) is 4.79 Å². The van der Waals surface area contributed by atoms with Gasteiger partial charge in [-0.25, -0.2) is 4.79 Å². The maximum Gasteiger partial charge on any atom is 0.341 e. The molecule has 28 heavy (non-hydrogen) atoms. The average Bonchev–Trinajstić information content (AvgIpc) is 2.72. The van der Waals surface area contributed by atoms with Gasteiger partial charge in [0, 0.05) is 0 Å².